The number of benzene rings is 2. The molecule has 0 unspecified atom stereocenters. The molecule has 1 amide bonds. The van der Waals surface area contributed by atoms with Gasteiger partial charge >= 0.3 is 0 Å². The maximum atomic E-state index is 13.0. The Morgan fingerprint density at radius 1 is 1.24 bits per heavy atom. The molecule has 6 nitrogen and oxygen atoms in total. The lowest BCUT2D eigenvalue weighted by molar-refractivity contribution is -0.122. The number of anilines is 2. The summed E-state index contributed by atoms with van der Waals surface area (Å²) < 4.78 is 45.0. The minimum Gasteiger partial charge on any atom is -0.375 e. The fourth-order valence-corrected chi connectivity index (χ4v) is 3.80. The maximum absolute atomic E-state index is 13.0. The van der Waals surface area contributed by atoms with Gasteiger partial charge in [0.25, 0.3) is 15.9 Å². The van der Waals surface area contributed by atoms with E-state index in [1.165, 1.54) is 19.2 Å². The van der Waals surface area contributed by atoms with E-state index in [1.54, 1.807) is 23.1 Å². The number of methoxy groups -OCH3 is 1. The summed E-state index contributed by atoms with van der Waals surface area (Å²) in [6.45, 7) is 0.532. The molecule has 3 rings (SSSR count). The Kier molecular flexibility index (Phi) is 4.73. The second-order valence-corrected chi connectivity index (χ2v) is 7.31. The third kappa shape index (κ3) is 3.64. The molecule has 1 N–H and O–H groups in total. The number of ether oxygens (including phenoxy) is 1. The van der Waals surface area contributed by atoms with Crippen LogP contribution in [0, 0.1) is 5.82 Å². The standard InChI is InChI=1S/C17H17FN2O4S/c1-24-11-17(21)20-9-8-12-10-14(4-7-16(12)20)19-25(22,23)15-5-2-13(18)3-6-15/h2-7,10,19H,8-9,11H2,1H3. The average molecular weight is 364 g/mol. The van der Waals surface area contributed by atoms with E-state index in [0.717, 1.165) is 23.4 Å². The number of nitrogens with zero attached hydrogens (tertiary/aromatic N) is 1. The second kappa shape index (κ2) is 6.81. The highest BCUT2D eigenvalue weighted by Crippen LogP contribution is 2.31. The first-order valence-electron chi connectivity index (χ1n) is 7.61. The SMILES string of the molecule is COCC(=O)N1CCc2cc(NS(=O)(=O)c3ccc(F)cc3)ccc21. The number of hydrogen-bond acceptors (Lipinski definition) is 4. The molecule has 25 heavy (non-hydrogen) atoms. The molecule has 0 bridgehead atoms. The molecule has 1 aliphatic rings. The van der Waals surface area contributed by atoms with Crippen molar-refractivity contribution in [2.75, 3.05) is 29.9 Å². The van der Waals surface area contributed by atoms with Crippen LogP contribution in [0.3, 0.4) is 0 Å². The Morgan fingerprint density at radius 2 is 1.96 bits per heavy atom. The Morgan fingerprint density at radius 3 is 2.64 bits per heavy atom. The van der Waals surface area contributed by atoms with Crippen molar-refractivity contribution in [2.45, 2.75) is 11.3 Å². The summed E-state index contributed by atoms with van der Waals surface area (Å²) >= 11 is 0. The van der Waals surface area contributed by atoms with Gasteiger partial charge < -0.3 is 9.64 Å². The molecule has 0 saturated carbocycles. The highest BCUT2D eigenvalue weighted by molar-refractivity contribution is 7.92. The van der Waals surface area contributed by atoms with Crippen LogP contribution in [0.4, 0.5) is 15.8 Å². The van der Waals surface area contributed by atoms with Gasteiger partial charge in [0, 0.05) is 25.0 Å². The van der Waals surface area contributed by atoms with Gasteiger partial charge in [-0.25, -0.2) is 12.8 Å². The normalized spacial score (nSPS) is 13.6. The van der Waals surface area contributed by atoms with Gasteiger partial charge in [-0.3, -0.25) is 9.52 Å². The number of fused-ring (bicyclic) bond motifs is 1. The lowest BCUT2D eigenvalue weighted by Gasteiger charge is -2.17. The van der Waals surface area contributed by atoms with E-state index in [1.807, 2.05) is 0 Å². The number of amides is 1. The first-order valence-corrected chi connectivity index (χ1v) is 9.09. The molecule has 0 aromatic heterocycles. The third-order valence-corrected chi connectivity index (χ3v) is 5.32. The smallest absolute Gasteiger partial charge is 0.261 e. The largest absolute Gasteiger partial charge is 0.375 e. The van der Waals surface area contributed by atoms with E-state index in [-0.39, 0.29) is 17.4 Å². The van der Waals surface area contributed by atoms with E-state index in [0.29, 0.717) is 18.7 Å². The van der Waals surface area contributed by atoms with Crippen molar-refractivity contribution in [3.05, 3.63) is 53.8 Å². The number of sulfonamides is 1. The van der Waals surface area contributed by atoms with E-state index in [4.69, 9.17) is 4.74 Å². The van der Waals surface area contributed by atoms with Crippen LogP contribution >= 0.6 is 0 Å². The zero-order chi connectivity index (χ0) is 18.0. The average Bonchev–Trinajstić information content (AvgIpc) is 2.98. The van der Waals surface area contributed by atoms with E-state index < -0.39 is 15.8 Å². The lowest BCUT2D eigenvalue weighted by Crippen LogP contribution is -2.31. The first kappa shape index (κ1) is 17.4. The minimum absolute atomic E-state index is 0.00160. The van der Waals surface area contributed by atoms with Crippen LogP contribution in [0.15, 0.2) is 47.4 Å². The quantitative estimate of drug-likeness (QED) is 0.882. The van der Waals surface area contributed by atoms with E-state index in [2.05, 4.69) is 4.72 Å². The highest BCUT2D eigenvalue weighted by atomic mass is 32.2. The van der Waals surface area contributed by atoms with Gasteiger partial charge in [0.2, 0.25) is 0 Å². The summed E-state index contributed by atoms with van der Waals surface area (Å²) in [7, 11) is -2.34. The molecular weight excluding hydrogens is 347 g/mol. The van der Waals surface area contributed by atoms with Crippen LogP contribution in [0.1, 0.15) is 5.56 Å². The zero-order valence-electron chi connectivity index (χ0n) is 13.5. The van der Waals surface area contributed by atoms with Crippen molar-refractivity contribution in [1.29, 1.82) is 0 Å². The number of hydrogen-bond donors (Lipinski definition) is 1. The second-order valence-electron chi connectivity index (χ2n) is 5.63. The lowest BCUT2D eigenvalue weighted by atomic mass is 10.1. The zero-order valence-corrected chi connectivity index (χ0v) is 14.3. The van der Waals surface area contributed by atoms with Crippen molar-refractivity contribution >= 4 is 27.3 Å². The molecule has 132 valence electrons. The number of rotatable bonds is 5. The van der Waals surface area contributed by atoms with Crippen LogP contribution in [0.5, 0.6) is 0 Å². The third-order valence-electron chi connectivity index (χ3n) is 3.92. The molecule has 0 atom stereocenters. The van der Waals surface area contributed by atoms with Gasteiger partial charge in [0.15, 0.2) is 0 Å². The molecule has 0 radical (unpaired) electrons. The van der Waals surface area contributed by atoms with Gasteiger partial charge in [-0.2, -0.15) is 0 Å². The fraction of sp³-hybridized carbons (Fsp3) is 0.235. The van der Waals surface area contributed by atoms with Gasteiger partial charge in [0.05, 0.1) is 4.90 Å². The number of nitrogens with one attached hydrogen (secondary N) is 1. The Bertz CT molecular complexity index is 897. The molecule has 0 saturated heterocycles. The van der Waals surface area contributed by atoms with Crippen molar-refractivity contribution in [3.63, 3.8) is 0 Å². The fourth-order valence-electron chi connectivity index (χ4n) is 2.75. The molecule has 0 aliphatic carbocycles. The summed E-state index contributed by atoms with van der Waals surface area (Å²) in [4.78, 5) is 13.6. The molecule has 2 aromatic carbocycles. The molecule has 0 spiro atoms. The van der Waals surface area contributed by atoms with Crippen molar-refractivity contribution in [3.8, 4) is 0 Å². The summed E-state index contributed by atoms with van der Waals surface area (Å²) in [6.07, 6.45) is 0.636. The van der Waals surface area contributed by atoms with Crippen molar-refractivity contribution < 1.29 is 22.3 Å². The molecule has 1 heterocycles. The number of carbonyl (C=O) groups is 1. The topological polar surface area (TPSA) is 75.7 Å². The summed E-state index contributed by atoms with van der Waals surface area (Å²) in [5, 5.41) is 0. The van der Waals surface area contributed by atoms with Gasteiger partial charge in [-0.05, 0) is 54.4 Å². The predicted molar refractivity (Wildman–Crippen MR) is 91.6 cm³/mol. The Hall–Kier alpha value is -2.45. The molecule has 2 aromatic rings. The van der Waals surface area contributed by atoms with Crippen LogP contribution in [0.2, 0.25) is 0 Å². The first-order chi connectivity index (χ1) is 11.9. The number of halogens is 1. The summed E-state index contributed by atoms with van der Waals surface area (Å²) in [5.74, 6) is -0.641. The van der Waals surface area contributed by atoms with Crippen LogP contribution in [0.25, 0.3) is 0 Å². The van der Waals surface area contributed by atoms with Crippen molar-refractivity contribution in [2.24, 2.45) is 0 Å². The Balaban J connectivity index is 1.81. The maximum Gasteiger partial charge on any atom is 0.261 e. The molecule has 8 heteroatoms. The van der Waals surface area contributed by atoms with Gasteiger partial charge in [-0.1, -0.05) is 0 Å². The summed E-state index contributed by atoms with van der Waals surface area (Å²) in [6, 6.07) is 9.60. The molecule has 1 aliphatic heterocycles. The number of carbonyl (C=O) groups excluding carboxylic acids is 1. The van der Waals surface area contributed by atoms with Crippen molar-refractivity contribution in [1.82, 2.24) is 0 Å². The molecular formula is C17H17FN2O4S. The van der Waals surface area contributed by atoms with Gasteiger partial charge in [-0.15, -0.1) is 0 Å². The monoisotopic (exact) mass is 364 g/mol. The highest BCUT2D eigenvalue weighted by Gasteiger charge is 2.25. The van der Waals surface area contributed by atoms with Gasteiger partial charge in [0.1, 0.15) is 12.4 Å². The predicted octanol–water partition coefficient (Wildman–Crippen LogP) is 2.16. The summed E-state index contributed by atoms with van der Waals surface area (Å²) in [5.41, 5.74) is 2.03. The molecule has 0 fully saturated rings. The van der Waals surface area contributed by atoms with Crippen LogP contribution in [-0.2, 0) is 26.0 Å². The Labute approximate surface area is 145 Å². The van der Waals surface area contributed by atoms with E-state index in [9.17, 15) is 17.6 Å². The minimum atomic E-state index is -3.80. The van der Waals surface area contributed by atoms with Crippen LogP contribution < -0.4 is 9.62 Å². The van der Waals surface area contributed by atoms with E-state index >= 15 is 0 Å². The van der Waals surface area contributed by atoms with Crippen LogP contribution in [-0.4, -0.2) is 34.6 Å².